The van der Waals surface area contributed by atoms with E-state index in [1.54, 1.807) is 0 Å². The highest BCUT2D eigenvalue weighted by molar-refractivity contribution is 5.12. The van der Waals surface area contributed by atoms with Crippen LogP contribution in [0.15, 0.2) is 24.3 Å². The van der Waals surface area contributed by atoms with Crippen LogP contribution < -0.4 is 0 Å². The second-order valence-electron chi connectivity index (χ2n) is 5.67. The van der Waals surface area contributed by atoms with Crippen molar-refractivity contribution in [3.8, 4) is 0 Å². The molecule has 0 aromatic carbocycles. The Morgan fingerprint density at radius 2 is 1.63 bits per heavy atom. The summed E-state index contributed by atoms with van der Waals surface area (Å²) in [6.45, 7) is 1.59. The van der Waals surface area contributed by atoms with Crippen LogP contribution in [0.3, 0.4) is 0 Å². The zero-order valence-corrected chi connectivity index (χ0v) is 11.0. The normalized spacial score (nSPS) is 42.1. The summed E-state index contributed by atoms with van der Waals surface area (Å²) in [4.78, 5) is 0. The molecule has 1 fully saturated rings. The molecule has 108 valence electrons. The molecular weight excluding hydrogens is 248 g/mol. The van der Waals surface area contributed by atoms with Gasteiger partial charge in [0.25, 0.3) is 0 Å². The van der Waals surface area contributed by atoms with Crippen LogP contribution in [-0.4, -0.2) is 57.6 Å². The number of hydrogen-bond acceptors (Lipinski definition) is 5. The maximum atomic E-state index is 10.2. The van der Waals surface area contributed by atoms with E-state index in [0.29, 0.717) is 12.8 Å². The molecule has 0 unspecified atom stereocenters. The van der Waals surface area contributed by atoms with Gasteiger partial charge < -0.3 is 25.2 Å². The Kier molecular flexibility index (Phi) is 4.43. The monoisotopic (exact) mass is 270 g/mol. The maximum Gasteiger partial charge on any atom is 0.111 e. The quantitative estimate of drug-likeness (QED) is 0.555. The second-order valence-corrected chi connectivity index (χ2v) is 5.67. The Balaban J connectivity index is 2.22. The molecule has 2 rings (SSSR count). The van der Waals surface area contributed by atoms with Crippen molar-refractivity contribution in [2.45, 2.75) is 50.3 Å². The number of allylic oxidation sites excluding steroid dienone is 4. The van der Waals surface area contributed by atoms with Crippen LogP contribution in [0.2, 0.25) is 0 Å². The van der Waals surface area contributed by atoms with Gasteiger partial charge in [0.05, 0.1) is 12.7 Å². The predicted molar refractivity (Wildman–Crippen MR) is 69.4 cm³/mol. The third-order valence-corrected chi connectivity index (χ3v) is 4.13. The van der Waals surface area contributed by atoms with Crippen LogP contribution in [0.4, 0.5) is 0 Å². The van der Waals surface area contributed by atoms with Gasteiger partial charge in [-0.1, -0.05) is 31.2 Å². The van der Waals surface area contributed by atoms with E-state index in [1.165, 1.54) is 0 Å². The Hall–Kier alpha value is -0.720. The first kappa shape index (κ1) is 14.7. The third kappa shape index (κ3) is 2.75. The zero-order chi connectivity index (χ0) is 14.0. The van der Waals surface area contributed by atoms with Crippen molar-refractivity contribution in [3.63, 3.8) is 0 Å². The van der Waals surface area contributed by atoms with Crippen LogP contribution >= 0.6 is 0 Å². The van der Waals surface area contributed by atoms with Crippen molar-refractivity contribution in [2.24, 2.45) is 5.41 Å². The molecule has 1 saturated heterocycles. The molecule has 5 nitrogen and oxygen atoms in total. The minimum atomic E-state index is -1.30. The summed E-state index contributed by atoms with van der Waals surface area (Å²) in [5, 5.41) is 39.0. The summed E-state index contributed by atoms with van der Waals surface area (Å²) in [7, 11) is 0. The molecule has 0 spiro atoms. The van der Waals surface area contributed by atoms with Crippen molar-refractivity contribution < 1.29 is 25.2 Å². The number of ether oxygens (including phenoxy) is 1. The zero-order valence-electron chi connectivity index (χ0n) is 11.0. The molecule has 0 bridgehead atoms. The van der Waals surface area contributed by atoms with Crippen LogP contribution in [0, 0.1) is 5.41 Å². The van der Waals surface area contributed by atoms with Gasteiger partial charge in [0.1, 0.15) is 24.4 Å². The highest BCUT2D eigenvalue weighted by atomic mass is 16.5. The van der Waals surface area contributed by atoms with Gasteiger partial charge in [-0.25, -0.2) is 0 Å². The van der Waals surface area contributed by atoms with Crippen molar-refractivity contribution >= 4 is 0 Å². The van der Waals surface area contributed by atoms with Gasteiger partial charge in [-0.05, 0) is 12.8 Å². The first-order valence-corrected chi connectivity index (χ1v) is 6.62. The van der Waals surface area contributed by atoms with E-state index < -0.39 is 30.5 Å². The average molecular weight is 270 g/mol. The van der Waals surface area contributed by atoms with Crippen LogP contribution in [0.5, 0.6) is 0 Å². The predicted octanol–water partition coefficient (Wildman–Crippen LogP) is -0.259. The molecule has 5 atom stereocenters. The lowest BCUT2D eigenvalue weighted by molar-refractivity contribution is -0.254. The number of aliphatic hydroxyl groups excluding tert-OH is 4. The van der Waals surface area contributed by atoms with Crippen molar-refractivity contribution in [3.05, 3.63) is 24.3 Å². The molecule has 0 aromatic rings. The molecule has 1 aliphatic heterocycles. The van der Waals surface area contributed by atoms with Gasteiger partial charge in [0, 0.05) is 5.41 Å². The summed E-state index contributed by atoms with van der Waals surface area (Å²) < 4.78 is 5.65. The van der Waals surface area contributed by atoms with Crippen molar-refractivity contribution in [1.82, 2.24) is 0 Å². The van der Waals surface area contributed by atoms with E-state index in [9.17, 15) is 20.4 Å². The topological polar surface area (TPSA) is 90.2 Å². The second kappa shape index (κ2) is 5.73. The number of hydrogen-bond donors (Lipinski definition) is 4. The lowest BCUT2D eigenvalue weighted by Crippen LogP contribution is -2.62. The van der Waals surface area contributed by atoms with Gasteiger partial charge in [-0.2, -0.15) is 0 Å². The van der Waals surface area contributed by atoms with E-state index in [0.717, 1.165) is 0 Å². The van der Waals surface area contributed by atoms with E-state index in [1.807, 2.05) is 31.2 Å². The molecule has 0 radical (unpaired) electrons. The fourth-order valence-electron chi connectivity index (χ4n) is 2.83. The Bertz CT molecular complexity index is 349. The minimum Gasteiger partial charge on any atom is -0.394 e. The summed E-state index contributed by atoms with van der Waals surface area (Å²) in [5.41, 5.74) is -0.378. The molecule has 0 aromatic heterocycles. The standard InChI is InChI=1S/C14H22O5/c1-14(6-4-2-3-5-7-14)13-12(18)11(17)10(16)9(8-15)19-13/h2-5,9-13,15-18H,6-8H2,1H3/t9-,10-,11+,12-,13-/m1/s1. The highest BCUT2D eigenvalue weighted by Crippen LogP contribution is 2.40. The largest absolute Gasteiger partial charge is 0.394 e. The molecule has 2 aliphatic rings. The lowest BCUT2D eigenvalue weighted by atomic mass is 9.73. The molecular formula is C14H22O5. The van der Waals surface area contributed by atoms with Gasteiger partial charge >= 0.3 is 0 Å². The number of aliphatic hydroxyl groups is 4. The molecule has 0 saturated carbocycles. The summed E-state index contributed by atoms with van der Waals surface area (Å²) in [6.07, 6.45) is 4.03. The van der Waals surface area contributed by atoms with Crippen LogP contribution in [0.25, 0.3) is 0 Å². The lowest BCUT2D eigenvalue weighted by Gasteiger charge is -2.47. The minimum absolute atomic E-state index is 0.378. The van der Waals surface area contributed by atoms with E-state index in [2.05, 4.69) is 0 Å². The molecule has 0 amide bonds. The first-order valence-electron chi connectivity index (χ1n) is 6.62. The first-order chi connectivity index (χ1) is 8.99. The summed E-state index contributed by atoms with van der Waals surface area (Å²) in [5.74, 6) is 0. The highest BCUT2D eigenvalue weighted by Gasteiger charge is 2.50. The Labute approximate surface area is 112 Å². The van der Waals surface area contributed by atoms with Crippen molar-refractivity contribution in [1.29, 1.82) is 0 Å². The molecule has 1 heterocycles. The number of rotatable bonds is 2. The molecule has 1 aliphatic carbocycles. The SMILES string of the molecule is CC1([C@@H]2O[C@H](CO)[C@@H](O)[C@H](O)[C@H]2O)CC=CC=CC1. The van der Waals surface area contributed by atoms with Crippen LogP contribution in [-0.2, 0) is 4.74 Å². The van der Waals surface area contributed by atoms with Gasteiger partial charge in [0.2, 0.25) is 0 Å². The van der Waals surface area contributed by atoms with Crippen molar-refractivity contribution in [2.75, 3.05) is 6.61 Å². The molecule has 19 heavy (non-hydrogen) atoms. The maximum absolute atomic E-state index is 10.2. The Morgan fingerprint density at radius 1 is 1.05 bits per heavy atom. The summed E-state index contributed by atoms with van der Waals surface area (Å²) >= 11 is 0. The van der Waals surface area contributed by atoms with Gasteiger partial charge in [-0.3, -0.25) is 0 Å². The third-order valence-electron chi connectivity index (χ3n) is 4.13. The van der Waals surface area contributed by atoms with E-state index >= 15 is 0 Å². The van der Waals surface area contributed by atoms with Crippen LogP contribution in [0.1, 0.15) is 19.8 Å². The van der Waals surface area contributed by atoms with Gasteiger partial charge in [0.15, 0.2) is 0 Å². The average Bonchev–Trinajstić information content (AvgIpc) is 2.62. The molecule has 5 heteroatoms. The fourth-order valence-corrected chi connectivity index (χ4v) is 2.83. The van der Waals surface area contributed by atoms with E-state index in [4.69, 9.17) is 4.74 Å². The fraction of sp³-hybridized carbons (Fsp3) is 0.714. The van der Waals surface area contributed by atoms with E-state index in [-0.39, 0.29) is 12.0 Å². The molecule has 4 N–H and O–H groups in total. The smallest absolute Gasteiger partial charge is 0.111 e. The summed E-state index contributed by atoms with van der Waals surface area (Å²) in [6, 6.07) is 0. The van der Waals surface area contributed by atoms with Gasteiger partial charge in [-0.15, -0.1) is 0 Å². The Morgan fingerprint density at radius 3 is 2.16 bits per heavy atom.